The molecular weight excluding hydrogens is 468 g/mol. The zero-order chi connectivity index (χ0) is 24.3. The van der Waals surface area contributed by atoms with Crippen LogP contribution in [0.1, 0.15) is 50.8 Å². The number of aryl methyl sites for hydroxylation is 1. The average molecular weight is 495 g/mol. The van der Waals surface area contributed by atoms with Crippen LogP contribution in [0.4, 0.5) is 15.4 Å². The van der Waals surface area contributed by atoms with E-state index in [9.17, 15) is 14.7 Å². The molecule has 33 heavy (non-hydrogen) atoms. The molecule has 3 heterocycles. The van der Waals surface area contributed by atoms with Gasteiger partial charge in [0.2, 0.25) is 5.28 Å². The predicted molar refractivity (Wildman–Crippen MR) is 127 cm³/mol. The van der Waals surface area contributed by atoms with Gasteiger partial charge in [-0.3, -0.25) is 4.90 Å². The summed E-state index contributed by atoms with van der Waals surface area (Å²) < 4.78 is 11.3. The lowest BCUT2D eigenvalue weighted by Crippen LogP contribution is -2.38. The molecule has 0 aromatic carbocycles. The number of rotatable bonds is 7. The zero-order valence-corrected chi connectivity index (χ0v) is 20.7. The number of thiophene rings is 1. The first kappa shape index (κ1) is 24.8. The smallest absolute Gasteiger partial charge is 0.413 e. The summed E-state index contributed by atoms with van der Waals surface area (Å²) in [6.07, 6.45) is 0.983. The van der Waals surface area contributed by atoms with Crippen LogP contribution in [0.3, 0.4) is 0 Å². The summed E-state index contributed by atoms with van der Waals surface area (Å²) >= 11 is 7.59. The topological polar surface area (TPSA) is 118 Å². The molecule has 0 aliphatic rings. The van der Waals surface area contributed by atoms with Gasteiger partial charge in [-0.1, -0.05) is 6.92 Å². The molecular formula is C22H27ClN4O5S. The Hall–Kier alpha value is -2.85. The molecule has 2 N–H and O–H groups in total. The first-order chi connectivity index (χ1) is 15.5. The Balaban J connectivity index is 1.96. The van der Waals surface area contributed by atoms with Gasteiger partial charge in [0, 0.05) is 17.3 Å². The van der Waals surface area contributed by atoms with Crippen LogP contribution < -0.4 is 10.2 Å². The highest BCUT2D eigenvalue weighted by Gasteiger charge is 2.26. The molecule has 0 spiro atoms. The van der Waals surface area contributed by atoms with Gasteiger partial charge in [-0.25, -0.2) is 14.6 Å². The first-order valence-corrected chi connectivity index (χ1v) is 11.7. The molecule has 3 aromatic heterocycles. The lowest BCUT2D eigenvalue weighted by molar-refractivity contribution is 0.0508. The van der Waals surface area contributed by atoms with E-state index >= 15 is 0 Å². The van der Waals surface area contributed by atoms with Gasteiger partial charge < -0.3 is 19.6 Å². The molecule has 0 saturated carbocycles. The van der Waals surface area contributed by atoms with E-state index in [1.165, 1.54) is 17.6 Å². The molecule has 0 aliphatic heterocycles. The second-order valence-electron chi connectivity index (χ2n) is 8.55. The van der Waals surface area contributed by atoms with Crippen LogP contribution in [0.25, 0.3) is 10.2 Å². The third-order valence-corrected chi connectivity index (χ3v) is 6.07. The van der Waals surface area contributed by atoms with Crippen molar-refractivity contribution >= 4 is 51.2 Å². The molecule has 0 aliphatic carbocycles. The summed E-state index contributed by atoms with van der Waals surface area (Å²) in [6.45, 7) is 9.27. The van der Waals surface area contributed by atoms with Gasteiger partial charge in [0.1, 0.15) is 11.4 Å². The van der Waals surface area contributed by atoms with Gasteiger partial charge in [-0.15, -0.1) is 11.3 Å². The monoisotopic (exact) mass is 494 g/mol. The van der Waals surface area contributed by atoms with Crippen molar-refractivity contribution in [1.29, 1.82) is 0 Å². The van der Waals surface area contributed by atoms with Gasteiger partial charge in [0.25, 0.3) is 0 Å². The third-order valence-electron chi connectivity index (χ3n) is 4.66. The summed E-state index contributed by atoms with van der Waals surface area (Å²) in [6, 6.07) is 3.16. The number of hydrogen-bond donors (Lipinski definition) is 2. The lowest BCUT2D eigenvalue weighted by Gasteiger charge is -2.22. The summed E-state index contributed by atoms with van der Waals surface area (Å²) in [5.74, 6) is 0.676. The van der Waals surface area contributed by atoms with E-state index in [1.807, 2.05) is 13.8 Å². The Bertz CT molecular complexity index is 1140. The number of alkyl carbamates (subject to hydrolysis) is 1. The minimum atomic E-state index is -1.18. The van der Waals surface area contributed by atoms with Crippen molar-refractivity contribution in [3.8, 4) is 0 Å². The highest BCUT2D eigenvalue weighted by molar-refractivity contribution is 7.19. The number of hydrogen-bond acceptors (Lipinski definition) is 7. The maximum atomic E-state index is 12.1. The number of furan rings is 1. The van der Waals surface area contributed by atoms with Gasteiger partial charge in [0.15, 0.2) is 5.82 Å². The Morgan fingerprint density at radius 2 is 2.09 bits per heavy atom. The summed E-state index contributed by atoms with van der Waals surface area (Å²) in [5.41, 5.74) is 0.968. The Labute approximate surface area is 200 Å². The summed E-state index contributed by atoms with van der Waals surface area (Å²) in [4.78, 5) is 34.9. The predicted octanol–water partition coefficient (Wildman–Crippen LogP) is 5.64. The molecule has 0 unspecified atom stereocenters. The molecule has 3 aromatic rings. The zero-order valence-electron chi connectivity index (χ0n) is 19.1. The number of nitrogens with zero attached hydrogens (tertiary/aromatic N) is 3. The van der Waals surface area contributed by atoms with Crippen LogP contribution in [0.5, 0.6) is 0 Å². The van der Waals surface area contributed by atoms with Crippen molar-refractivity contribution in [2.75, 3.05) is 4.90 Å². The average Bonchev–Trinajstić information content (AvgIpc) is 3.30. The van der Waals surface area contributed by atoms with Gasteiger partial charge in [-0.05, 0) is 63.4 Å². The first-order valence-electron chi connectivity index (χ1n) is 10.5. The van der Waals surface area contributed by atoms with E-state index in [4.69, 9.17) is 20.8 Å². The standard InChI is InChI=1S/C22H27ClN4O5S/c1-6-14-15(10-12(2)24-20(28)32-22(3,4)5)33-17-16(14)25-19(23)26-18(17)27(21(29)30)11-13-8-7-9-31-13/h7-9,12H,6,10-11H2,1-5H3,(H,24,28)(H,29,30)/t12-/m0/s1. The fraction of sp³-hybridized carbons (Fsp3) is 0.455. The van der Waals surface area contributed by atoms with Crippen molar-refractivity contribution in [3.63, 3.8) is 0 Å². The van der Waals surface area contributed by atoms with Crippen molar-refractivity contribution in [1.82, 2.24) is 15.3 Å². The van der Waals surface area contributed by atoms with Gasteiger partial charge in [-0.2, -0.15) is 4.98 Å². The highest BCUT2D eigenvalue weighted by atomic mass is 35.5. The number of fused-ring (bicyclic) bond motifs is 1. The molecule has 9 nitrogen and oxygen atoms in total. The normalized spacial score (nSPS) is 12.5. The molecule has 0 fully saturated rings. The molecule has 0 bridgehead atoms. The minimum absolute atomic E-state index is 0.0178. The van der Waals surface area contributed by atoms with Crippen LogP contribution in [-0.4, -0.2) is 38.9 Å². The van der Waals surface area contributed by atoms with E-state index in [0.717, 1.165) is 15.3 Å². The van der Waals surface area contributed by atoms with Crippen LogP contribution in [0, 0.1) is 0 Å². The Morgan fingerprint density at radius 1 is 1.36 bits per heavy atom. The van der Waals surface area contributed by atoms with Crippen LogP contribution in [0.15, 0.2) is 22.8 Å². The van der Waals surface area contributed by atoms with Crippen LogP contribution >= 0.6 is 22.9 Å². The lowest BCUT2D eigenvalue weighted by atomic mass is 10.1. The van der Waals surface area contributed by atoms with E-state index in [0.29, 0.717) is 28.8 Å². The third kappa shape index (κ3) is 6.14. The Morgan fingerprint density at radius 3 is 2.67 bits per heavy atom. The quantitative estimate of drug-likeness (QED) is 0.408. The number of aromatic nitrogens is 2. The SMILES string of the molecule is CCc1c(C[C@H](C)NC(=O)OC(C)(C)C)sc2c(N(Cc3ccco3)C(=O)O)nc(Cl)nc12. The van der Waals surface area contributed by atoms with E-state index in [1.54, 1.807) is 32.9 Å². The highest BCUT2D eigenvalue weighted by Crippen LogP contribution is 2.38. The van der Waals surface area contributed by atoms with Crippen LogP contribution in [0.2, 0.25) is 5.28 Å². The van der Waals surface area contributed by atoms with Crippen molar-refractivity contribution < 1.29 is 23.8 Å². The van der Waals surface area contributed by atoms with Crippen molar-refractivity contribution in [2.45, 2.75) is 65.6 Å². The van der Waals surface area contributed by atoms with Gasteiger partial charge >= 0.3 is 12.2 Å². The number of carbonyl (C=O) groups excluding carboxylic acids is 1. The number of ether oxygens (including phenoxy) is 1. The Kier molecular flexibility index (Phi) is 7.48. The van der Waals surface area contributed by atoms with E-state index < -0.39 is 17.8 Å². The second-order valence-corrected chi connectivity index (χ2v) is 9.99. The molecule has 0 radical (unpaired) electrons. The molecule has 2 amide bonds. The number of carboxylic acid groups (broad SMARTS) is 1. The maximum Gasteiger partial charge on any atom is 0.413 e. The largest absolute Gasteiger partial charge is 0.467 e. The number of carbonyl (C=O) groups is 2. The number of halogens is 1. The molecule has 0 saturated heterocycles. The number of amides is 2. The molecule has 11 heteroatoms. The minimum Gasteiger partial charge on any atom is -0.467 e. The number of anilines is 1. The number of nitrogens with one attached hydrogen (secondary N) is 1. The van der Waals surface area contributed by atoms with E-state index in [-0.39, 0.29) is 23.7 Å². The summed E-state index contributed by atoms with van der Waals surface area (Å²) in [7, 11) is 0. The second kappa shape index (κ2) is 9.96. The van der Waals surface area contributed by atoms with Gasteiger partial charge in [0.05, 0.1) is 23.0 Å². The fourth-order valence-electron chi connectivity index (χ4n) is 3.37. The summed E-state index contributed by atoms with van der Waals surface area (Å²) in [5, 5.41) is 12.7. The molecule has 178 valence electrons. The molecule has 3 rings (SSSR count). The maximum absolute atomic E-state index is 12.1. The van der Waals surface area contributed by atoms with Crippen molar-refractivity contribution in [3.05, 3.63) is 39.9 Å². The molecule has 1 atom stereocenters. The van der Waals surface area contributed by atoms with Crippen molar-refractivity contribution in [2.24, 2.45) is 0 Å². The van der Waals surface area contributed by atoms with E-state index in [2.05, 4.69) is 15.3 Å². The fourth-order valence-corrected chi connectivity index (χ4v) is 4.99. The van der Waals surface area contributed by atoms with Crippen LogP contribution in [-0.2, 0) is 24.1 Å².